The third-order valence-electron chi connectivity index (χ3n) is 1.10. The summed E-state index contributed by atoms with van der Waals surface area (Å²) in [6.45, 7) is 0. The number of thiophene rings is 1. The van der Waals surface area contributed by atoms with Gasteiger partial charge >= 0.3 is 0 Å². The minimum atomic E-state index is -3.72. The van der Waals surface area contributed by atoms with Crippen molar-refractivity contribution in [2.45, 2.75) is 0 Å². The molecular weight excluding hydrogens is 220 g/mol. The average Bonchev–Trinajstić information content (AvgIpc) is 2.32. The second-order valence-electron chi connectivity index (χ2n) is 2.08. The van der Waals surface area contributed by atoms with Gasteiger partial charge in [0, 0.05) is 10.7 Å². The number of carbonyl (C=O) groups excluding carboxylic acids is 1. The summed E-state index contributed by atoms with van der Waals surface area (Å²) in [4.78, 5) is 11.5. The predicted molar refractivity (Wildman–Crippen MR) is 48.3 cm³/mol. The van der Waals surface area contributed by atoms with Crippen LogP contribution in [0.1, 0.15) is 9.67 Å². The van der Waals surface area contributed by atoms with E-state index in [1.54, 1.807) is 17.5 Å². The van der Waals surface area contributed by atoms with E-state index in [2.05, 4.69) is 0 Å². The fourth-order valence-corrected chi connectivity index (χ4v) is 2.19. The smallest absolute Gasteiger partial charge is 0.240 e. The van der Waals surface area contributed by atoms with Crippen molar-refractivity contribution in [2.75, 3.05) is 5.75 Å². The molecule has 6 heteroatoms. The van der Waals surface area contributed by atoms with Gasteiger partial charge in [-0.3, -0.25) is 4.79 Å². The van der Waals surface area contributed by atoms with Crippen molar-refractivity contribution in [3.63, 3.8) is 0 Å². The van der Waals surface area contributed by atoms with Crippen molar-refractivity contribution in [2.24, 2.45) is 0 Å². The first-order valence-corrected chi connectivity index (χ1v) is 6.34. The van der Waals surface area contributed by atoms with E-state index in [-0.39, 0.29) is 0 Å². The summed E-state index contributed by atoms with van der Waals surface area (Å²) in [5.74, 6) is -1.09. The van der Waals surface area contributed by atoms with Crippen molar-refractivity contribution in [3.8, 4) is 0 Å². The molecule has 1 aromatic heterocycles. The van der Waals surface area contributed by atoms with Crippen LogP contribution in [-0.2, 0) is 9.05 Å². The van der Waals surface area contributed by atoms with Gasteiger partial charge in [-0.05, 0) is 11.4 Å². The number of Topliss-reactive ketones (excluding diaryl/α,β-unsaturated/α-hetero) is 1. The summed E-state index contributed by atoms with van der Waals surface area (Å²) < 4.78 is 21.0. The molecule has 1 rings (SSSR count). The van der Waals surface area contributed by atoms with Crippen molar-refractivity contribution in [1.29, 1.82) is 0 Å². The minimum absolute atomic E-state index is 0.416. The highest BCUT2D eigenvalue weighted by Gasteiger charge is 2.15. The van der Waals surface area contributed by atoms with Crippen LogP contribution in [0.4, 0.5) is 0 Å². The topological polar surface area (TPSA) is 51.2 Å². The van der Waals surface area contributed by atoms with Crippen LogP contribution in [0.25, 0.3) is 0 Å². The molecule has 0 N–H and O–H groups in total. The van der Waals surface area contributed by atoms with E-state index in [1.165, 1.54) is 11.3 Å². The van der Waals surface area contributed by atoms with E-state index >= 15 is 0 Å². The summed E-state index contributed by atoms with van der Waals surface area (Å²) in [7, 11) is 1.18. The van der Waals surface area contributed by atoms with Gasteiger partial charge in [-0.15, -0.1) is 11.3 Å². The van der Waals surface area contributed by atoms with E-state index in [4.69, 9.17) is 10.7 Å². The molecule has 0 atom stereocenters. The highest BCUT2D eigenvalue weighted by molar-refractivity contribution is 8.14. The number of halogens is 1. The Kier molecular flexibility index (Phi) is 2.87. The molecule has 0 aromatic carbocycles. The van der Waals surface area contributed by atoms with Gasteiger partial charge in [0.05, 0.1) is 4.88 Å². The second kappa shape index (κ2) is 3.55. The maximum atomic E-state index is 11.1. The van der Waals surface area contributed by atoms with Crippen LogP contribution in [0.2, 0.25) is 0 Å². The van der Waals surface area contributed by atoms with Gasteiger partial charge in [-0.25, -0.2) is 8.42 Å². The minimum Gasteiger partial charge on any atom is -0.292 e. The summed E-state index contributed by atoms with van der Waals surface area (Å²) in [5.41, 5.74) is 0. The third kappa shape index (κ3) is 2.92. The largest absolute Gasteiger partial charge is 0.292 e. The van der Waals surface area contributed by atoms with Gasteiger partial charge in [0.15, 0.2) is 5.78 Å². The van der Waals surface area contributed by atoms with Crippen LogP contribution < -0.4 is 0 Å². The molecule has 0 bridgehead atoms. The standard InChI is InChI=1S/C6H5ClO3S2/c7-12(9,10)4-5(8)6-2-1-3-11-6/h1-3H,4H2. The lowest BCUT2D eigenvalue weighted by molar-refractivity contribution is 0.102. The number of hydrogen-bond acceptors (Lipinski definition) is 4. The second-order valence-corrected chi connectivity index (χ2v) is 5.81. The first kappa shape index (κ1) is 9.70. The predicted octanol–water partition coefficient (Wildman–Crippen LogP) is 1.50. The zero-order valence-electron chi connectivity index (χ0n) is 5.86. The van der Waals surface area contributed by atoms with Crippen molar-refractivity contribution in [1.82, 2.24) is 0 Å². The molecule has 1 aromatic rings. The average molecular weight is 225 g/mol. The molecule has 0 amide bonds. The molecule has 0 spiro atoms. The van der Waals surface area contributed by atoms with Crippen LogP contribution in [0.15, 0.2) is 17.5 Å². The van der Waals surface area contributed by atoms with E-state index < -0.39 is 20.6 Å². The molecule has 66 valence electrons. The van der Waals surface area contributed by atoms with Gasteiger partial charge in [0.2, 0.25) is 9.05 Å². The number of ketones is 1. The Hall–Kier alpha value is -0.390. The molecule has 0 saturated heterocycles. The Balaban J connectivity index is 2.76. The Morgan fingerprint density at radius 2 is 2.25 bits per heavy atom. The van der Waals surface area contributed by atoms with Gasteiger partial charge in [0.25, 0.3) is 0 Å². The summed E-state index contributed by atoms with van der Waals surface area (Å²) in [6, 6.07) is 3.24. The number of hydrogen-bond donors (Lipinski definition) is 0. The van der Waals surface area contributed by atoms with E-state index in [0.29, 0.717) is 4.88 Å². The Labute approximate surface area is 78.4 Å². The molecule has 12 heavy (non-hydrogen) atoms. The zero-order chi connectivity index (χ0) is 9.19. The van der Waals surface area contributed by atoms with Crippen molar-refractivity contribution < 1.29 is 13.2 Å². The SMILES string of the molecule is O=C(CS(=O)(=O)Cl)c1cccs1. The van der Waals surface area contributed by atoms with Gasteiger partial charge in [-0.2, -0.15) is 0 Å². The molecule has 0 radical (unpaired) electrons. The lowest BCUT2D eigenvalue weighted by atomic mass is 10.4. The highest BCUT2D eigenvalue weighted by atomic mass is 35.7. The van der Waals surface area contributed by atoms with Crippen LogP contribution in [0, 0.1) is 0 Å². The van der Waals surface area contributed by atoms with Crippen LogP contribution in [0.5, 0.6) is 0 Å². The summed E-state index contributed by atoms with van der Waals surface area (Å²) in [5, 5.41) is 1.70. The highest BCUT2D eigenvalue weighted by Crippen LogP contribution is 2.11. The summed E-state index contributed by atoms with van der Waals surface area (Å²) in [6.07, 6.45) is 0. The first-order valence-electron chi connectivity index (χ1n) is 2.98. The van der Waals surface area contributed by atoms with Crippen LogP contribution in [0.3, 0.4) is 0 Å². The quantitative estimate of drug-likeness (QED) is 0.578. The van der Waals surface area contributed by atoms with Gasteiger partial charge < -0.3 is 0 Å². The molecule has 0 aliphatic heterocycles. The maximum Gasteiger partial charge on any atom is 0.240 e. The normalized spacial score (nSPS) is 11.4. The van der Waals surface area contributed by atoms with Crippen LogP contribution >= 0.6 is 22.0 Å². The zero-order valence-corrected chi connectivity index (χ0v) is 8.25. The Morgan fingerprint density at radius 3 is 2.67 bits per heavy atom. The molecule has 3 nitrogen and oxygen atoms in total. The molecule has 0 aliphatic carbocycles. The van der Waals surface area contributed by atoms with Crippen molar-refractivity contribution in [3.05, 3.63) is 22.4 Å². The first-order chi connectivity index (χ1) is 5.49. The van der Waals surface area contributed by atoms with Gasteiger partial charge in [-0.1, -0.05) is 6.07 Å². The van der Waals surface area contributed by atoms with E-state index in [0.717, 1.165) is 0 Å². The van der Waals surface area contributed by atoms with Crippen LogP contribution in [-0.4, -0.2) is 20.0 Å². The molecule has 1 heterocycles. The Bertz CT molecular complexity index is 366. The van der Waals surface area contributed by atoms with E-state index in [9.17, 15) is 13.2 Å². The maximum absolute atomic E-state index is 11.1. The summed E-state index contributed by atoms with van der Waals surface area (Å²) >= 11 is 1.20. The monoisotopic (exact) mass is 224 g/mol. The lowest BCUT2D eigenvalue weighted by Crippen LogP contribution is -2.09. The number of rotatable bonds is 3. The lowest BCUT2D eigenvalue weighted by Gasteiger charge is -1.91. The molecule has 0 fully saturated rings. The molecular formula is C6H5ClO3S2. The van der Waals surface area contributed by atoms with E-state index in [1.807, 2.05) is 0 Å². The number of carbonyl (C=O) groups is 1. The molecule has 0 saturated carbocycles. The third-order valence-corrected chi connectivity index (χ3v) is 2.94. The fraction of sp³-hybridized carbons (Fsp3) is 0.167. The Morgan fingerprint density at radius 1 is 1.58 bits per heavy atom. The fourth-order valence-electron chi connectivity index (χ4n) is 0.665. The molecule has 0 aliphatic rings. The van der Waals surface area contributed by atoms with Gasteiger partial charge in [0.1, 0.15) is 5.75 Å². The molecule has 0 unspecified atom stereocenters. The van der Waals surface area contributed by atoms with Crippen molar-refractivity contribution >= 4 is 36.9 Å².